The van der Waals surface area contributed by atoms with Gasteiger partial charge in [0.25, 0.3) is 0 Å². The lowest BCUT2D eigenvalue weighted by atomic mass is 9.86. The first kappa shape index (κ1) is 20.7. The molecular weight excluding hydrogens is 457 g/mol. The third-order valence-corrected chi connectivity index (χ3v) is 6.16. The van der Waals surface area contributed by atoms with Crippen LogP contribution in [-0.2, 0) is 4.79 Å². The highest BCUT2D eigenvalue weighted by Crippen LogP contribution is 2.32. The predicted octanol–water partition coefficient (Wildman–Crippen LogP) is 6.06. The zero-order valence-corrected chi connectivity index (χ0v) is 18.4. The minimum Gasteiger partial charge on any atom is -0.314 e. The van der Waals surface area contributed by atoms with Gasteiger partial charge in [0.15, 0.2) is 0 Å². The fraction of sp³-hybridized carbons (Fsp3) is 0.320. The fourth-order valence-electron chi connectivity index (χ4n) is 3.70. The van der Waals surface area contributed by atoms with Gasteiger partial charge in [-0.15, -0.1) is 0 Å². The van der Waals surface area contributed by atoms with E-state index in [2.05, 4.69) is 46.6 Å². The first-order chi connectivity index (χ1) is 13.7. The molecule has 0 N–H and O–H groups in total. The van der Waals surface area contributed by atoms with Gasteiger partial charge in [-0.25, -0.2) is 0 Å². The highest BCUT2D eigenvalue weighted by molar-refractivity contribution is 14.1. The van der Waals surface area contributed by atoms with Gasteiger partial charge in [0.05, 0.1) is 5.69 Å². The van der Waals surface area contributed by atoms with Crippen molar-refractivity contribution >= 4 is 34.2 Å². The second kappa shape index (κ2) is 10.5. The van der Waals surface area contributed by atoms with Crippen molar-refractivity contribution in [2.75, 3.05) is 11.9 Å². The third-order valence-electron chi connectivity index (χ3n) is 5.25. The number of allylic oxidation sites excluding steroid dienone is 2. The first-order valence-electron chi connectivity index (χ1n) is 9.89. The number of carbonyl (C=O) groups excluding carboxylic acids is 1. The fourth-order valence-corrected chi connectivity index (χ4v) is 4.45. The number of benzene rings is 2. The second-order valence-electron chi connectivity index (χ2n) is 7.18. The summed E-state index contributed by atoms with van der Waals surface area (Å²) in [5, 5.41) is 0. The van der Waals surface area contributed by atoms with Crippen molar-refractivity contribution in [2.24, 2.45) is 11.8 Å². The number of carbonyl (C=O) groups is 1. The normalized spacial score (nSPS) is 16.3. The number of amides is 1. The van der Waals surface area contributed by atoms with Gasteiger partial charge in [0.2, 0.25) is 5.91 Å². The largest absolute Gasteiger partial charge is 0.314 e. The molecule has 0 heterocycles. The minimum absolute atomic E-state index is 0.0262. The smallest absolute Gasteiger partial charge is 0.230 e. The molecule has 0 radical (unpaired) electrons. The highest BCUT2D eigenvalue weighted by atomic mass is 127. The van der Waals surface area contributed by atoms with Gasteiger partial charge in [-0.3, -0.25) is 4.79 Å². The lowest BCUT2D eigenvalue weighted by Crippen LogP contribution is -2.36. The van der Waals surface area contributed by atoms with E-state index in [1.54, 1.807) is 0 Å². The summed E-state index contributed by atoms with van der Waals surface area (Å²) < 4.78 is 1.10. The zero-order valence-electron chi connectivity index (χ0n) is 16.3. The zero-order chi connectivity index (χ0) is 19.8. The van der Waals surface area contributed by atoms with Gasteiger partial charge < -0.3 is 4.90 Å². The molecule has 2 unspecified atom stereocenters. The van der Waals surface area contributed by atoms with Gasteiger partial charge in [0.1, 0.15) is 0 Å². The van der Waals surface area contributed by atoms with Gasteiger partial charge in [-0.05, 0) is 78.5 Å². The molecule has 0 spiro atoms. The summed E-state index contributed by atoms with van der Waals surface area (Å²) in [7, 11) is 1.90. The average molecular weight is 483 g/mol. The van der Waals surface area contributed by atoms with E-state index in [9.17, 15) is 4.79 Å². The number of hydrogen-bond donors (Lipinski definition) is 0. The van der Waals surface area contributed by atoms with Crippen molar-refractivity contribution in [1.29, 1.82) is 0 Å². The molecule has 3 heteroatoms. The SMILES string of the molecule is CN(C(=O)C(CCCC#Cc1ccccc1)C1C=CCC1)c1ccccc1I. The summed E-state index contributed by atoms with van der Waals surface area (Å²) in [5.41, 5.74) is 2.04. The maximum atomic E-state index is 13.3. The third kappa shape index (κ3) is 5.48. The maximum Gasteiger partial charge on any atom is 0.230 e. The Balaban J connectivity index is 1.64. The summed E-state index contributed by atoms with van der Waals surface area (Å²) in [5.74, 6) is 7.07. The van der Waals surface area contributed by atoms with Crippen LogP contribution in [0.3, 0.4) is 0 Å². The molecule has 0 aliphatic heterocycles. The minimum atomic E-state index is 0.0262. The Morgan fingerprint density at radius 1 is 1.18 bits per heavy atom. The van der Waals surface area contributed by atoms with E-state index in [1.165, 1.54) is 0 Å². The second-order valence-corrected chi connectivity index (χ2v) is 8.35. The maximum absolute atomic E-state index is 13.3. The molecule has 2 aromatic rings. The molecule has 0 saturated carbocycles. The summed E-state index contributed by atoms with van der Waals surface area (Å²) in [4.78, 5) is 15.2. The lowest BCUT2D eigenvalue weighted by molar-refractivity contribution is -0.123. The molecule has 28 heavy (non-hydrogen) atoms. The van der Waals surface area contributed by atoms with Gasteiger partial charge in [0, 0.05) is 28.5 Å². The molecule has 2 atom stereocenters. The topological polar surface area (TPSA) is 20.3 Å². The number of rotatable bonds is 6. The van der Waals surface area contributed by atoms with E-state index >= 15 is 0 Å². The first-order valence-corrected chi connectivity index (χ1v) is 11.0. The molecule has 1 aliphatic rings. The number of unbranched alkanes of at least 4 members (excludes halogenated alkanes) is 1. The molecule has 1 aliphatic carbocycles. The summed E-state index contributed by atoms with van der Waals surface area (Å²) >= 11 is 2.30. The quantitative estimate of drug-likeness (QED) is 0.212. The monoisotopic (exact) mass is 483 g/mol. The highest BCUT2D eigenvalue weighted by Gasteiger charge is 2.30. The lowest BCUT2D eigenvalue weighted by Gasteiger charge is -2.28. The number of halogens is 1. The van der Waals surface area contributed by atoms with E-state index < -0.39 is 0 Å². The van der Waals surface area contributed by atoms with Crippen LogP contribution in [-0.4, -0.2) is 13.0 Å². The number of nitrogens with zero attached hydrogens (tertiary/aromatic N) is 1. The van der Waals surface area contributed by atoms with Gasteiger partial charge in [-0.1, -0.05) is 54.3 Å². The van der Waals surface area contributed by atoms with Crippen LogP contribution in [0.2, 0.25) is 0 Å². The van der Waals surface area contributed by atoms with Gasteiger partial charge >= 0.3 is 0 Å². The predicted molar refractivity (Wildman–Crippen MR) is 125 cm³/mol. The van der Waals surface area contributed by atoms with Crippen LogP contribution in [0.5, 0.6) is 0 Å². The van der Waals surface area contributed by atoms with E-state index in [4.69, 9.17) is 0 Å². The molecule has 2 aromatic carbocycles. The summed E-state index contributed by atoms with van der Waals surface area (Å²) in [6.45, 7) is 0. The molecular formula is C25H26INO. The van der Waals surface area contributed by atoms with Crippen molar-refractivity contribution < 1.29 is 4.79 Å². The van der Waals surface area contributed by atoms with E-state index in [0.717, 1.165) is 46.9 Å². The van der Waals surface area contributed by atoms with Gasteiger partial charge in [-0.2, -0.15) is 0 Å². The van der Waals surface area contributed by atoms with E-state index in [0.29, 0.717) is 5.92 Å². The Kier molecular flexibility index (Phi) is 7.73. The van der Waals surface area contributed by atoms with E-state index in [1.807, 2.05) is 66.5 Å². The summed E-state index contributed by atoms with van der Waals surface area (Å²) in [6, 6.07) is 18.1. The Bertz CT molecular complexity index is 878. The van der Waals surface area contributed by atoms with Crippen LogP contribution in [0.4, 0.5) is 5.69 Å². The van der Waals surface area contributed by atoms with Crippen LogP contribution in [0.25, 0.3) is 0 Å². The van der Waals surface area contributed by atoms with E-state index in [-0.39, 0.29) is 11.8 Å². The molecule has 0 bridgehead atoms. The van der Waals surface area contributed by atoms with Crippen LogP contribution >= 0.6 is 22.6 Å². The Morgan fingerprint density at radius 2 is 1.93 bits per heavy atom. The van der Waals surface area contributed by atoms with Crippen molar-refractivity contribution in [3.8, 4) is 11.8 Å². The number of anilines is 1. The standard InChI is InChI=1S/C25H26INO/c1-27(24-19-11-10-18-23(24)26)25(28)22(21-15-8-9-16-21)17-7-3-6-14-20-12-4-2-5-13-20/h2,4-5,8,10-13,15,18-19,21-22H,3,7,9,16-17H2,1H3. The molecule has 0 fully saturated rings. The van der Waals surface area contributed by atoms with Crippen LogP contribution in [0, 0.1) is 27.2 Å². The molecule has 3 rings (SSSR count). The van der Waals surface area contributed by atoms with Crippen LogP contribution in [0.15, 0.2) is 66.7 Å². The van der Waals surface area contributed by atoms with Crippen LogP contribution < -0.4 is 4.90 Å². The number of para-hydroxylation sites is 1. The van der Waals surface area contributed by atoms with Crippen molar-refractivity contribution in [2.45, 2.75) is 32.1 Å². The number of hydrogen-bond acceptors (Lipinski definition) is 1. The molecule has 2 nitrogen and oxygen atoms in total. The van der Waals surface area contributed by atoms with Crippen molar-refractivity contribution in [3.05, 3.63) is 75.9 Å². The van der Waals surface area contributed by atoms with Crippen molar-refractivity contribution in [1.82, 2.24) is 0 Å². The molecule has 0 saturated heterocycles. The Hall–Kier alpha value is -2.06. The van der Waals surface area contributed by atoms with Crippen molar-refractivity contribution in [3.63, 3.8) is 0 Å². The Morgan fingerprint density at radius 3 is 2.64 bits per heavy atom. The van der Waals surface area contributed by atoms with Crippen LogP contribution in [0.1, 0.15) is 37.7 Å². The molecule has 144 valence electrons. The molecule has 1 amide bonds. The Labute approximate surface area is 182 Å². The summed E-state index contributed by atoms with van der Waals surface area (Å²) in [6.07, 6.45) is 9.25. The average Bonchev–Trinajstić information content (AvgIpc) is 3.25. The molecule has 0 aromatic heterocycles.